The first-order chi connectivity index (χ1) is 11.2. The topological polar surface area (TPSA) is 107 Å². The van der Waals surface area contributed by atoms with Gasteiger partial charge in [0.05, 0.1) is 10.5 Å². The van der Waals surface area contributed by atoms with E-state index in [-0.39, 0.29) is 16.5 Å². The average molecular weight is 354 g/mol. The van der Waals surface area contributed by atoms with Gasteiger partial charge in [0.2, 0.25) is 10.0 Å². The minimum Gasteiger partial charge on any atom is -0.449 e. The van der Waals surface area contributed by atoms with Crippen molar-refractivity contribution in [1.29, 1.82) is 0 Å². The lowest BCUT2D eigenvalue weighted by Gasteiger charge is -2.32. The van der Waals surface area contributed by atoms with Crippen LogP contribution in [0.3, 0.4) is 0 Å². The van der Waals surface area contributed by atoms with E-state index in [1.54, 1.807) is 0 Å². The fourth-order valence-corrected chi connectivity index (χ4v) is 4.31. The van der Waals surface area contributed by atoms with Crippen molar-refractivity contribution < 1.29 is 22.7 Å². The normalized spacial score (nSPS) is 20.3. The van der Waals surface area contributed by atoms with Gasteiger partial charge in [0, 0.05) is 12.6 Å². The first kappa shape index (κ1) is 18.4. The smallest absolute Gasteiger partial charge is 0.338 e. The van der Waals surface area contributed by atoms with Crippen LogP contribution in [0.15, 0.2) is 29.2 Å². The Balaban J connectivity index is 2.16. The molecule has 0 aliphatic carbocycles. The molecule has 1 aromatic rings. The van der Waals surface area contributed by atoms with E-state index in [9.17, 15) is 18.0 Å². The Bertz CT molecular complexity index is 714. The van der Waals surface area contributed by atoms with Gasteiger partial charge in [-0.3, -0.25) is 4.79 Å². The van der Waals surface area contributed by atoms with Crippen molar-refractivity contribution in [2.24, 2.45) is 5.73 Å². The Labute approximate surface area is 141 Å². The van der Waals surface area contributed by atoms with Gasteiger partial charge in [0.15, 0.2) is 6.10 Å². The zero-order valence-electron chi connectivity index (χ0n) is 13.8. The molecule has 7 nitrogen and oxygen atoms in total. The molecule has 1 aliphatic rings. The molecule has 0 radical (unpaired) electrons. The molecule has 0 bridgehead atoms. The lowest BCUT2D eigenvalue weighted by molar-refractivity contribution is -0.125. The van der Waals surface area contributed by atoms with E-state index in [2.05, 4.69) is 0 Å². The maximum Gasteiger partial charge on any atom is 0.338 e. The fraction of sp³-hybridized carbons (Fsp3) is 0.500. The lowest BCUT2D eigenvalue weighted by Crippen LogP contribution is -2.41. The van der Waals surface area contributed by atoms with Gasteiger partial charge in [-0.15, -0.1) is 0 Å². The maximum atomic E-state index is 12.7. The highest BCUT2D eigenvalue weighted by atomic mass is 32.2. The number of carbonyl (C=O) groups excluding carboxylic acids is 2. The number of piperidine rings is 1. The summed E-state index contributed by atoms with van der Waals surface area (Å²) in [7, 11) is -3.58. The van der Waals surface area contributed by atoms with Crippen molar-refractivity contribution in [3.05, 3.63) is 29.8 Å². The van der Waals surface area contributed by atoms with E-state index in [1.807, 2.05) is 6.92 Å². The molecule has 0 saturated carbocycles. The molecule has 2 N–H and O–H groups in total. The van der Waals surface area contributed by atoms with Gasteiger partial charge >= 0.3 is 5.97 Å². The van der Waals surface area contributed by atoms with Crippen molar-refractivity contribution in [3.63, 3.8) is 0 Å². The van der Waals surface area contributed by atoms with Crippen molar-refractivity contribution in [1.82, 2.24) is 4.31 Å². The summed E-state index contributed by atoms with van der Waals surface area (Å²) in [6.45, 7) is 3.77. The predicted octanol–water partition coefficient (Wildman–Crippen LogP) is 1.28. The number of benzene rings is 1. The molecule has 1 aromatic carbocycles. The maximum absolute atomic E-state index is 12.7. The highest BCUT2D eigenvalue weighted by Crippen LogP contribution is 2.25. The SMILES string of the molecule is C[C@H](OC(=O)c1ccc(S(=O)(=O)N2CCCC[C@H]2C)cc1)C(N)=O. The summed E-state index contributed by atoms with van der Waals surface area (Å²) in [5.41, 5.74) is 5.20. The molecule has 1 aliphatic heterocycles. The molecule has 1 saturated heterocycles. The van der Waals surface area contributed by atoms with Crippen molar-refractivity contribution in [2.45, 2.75) is 50.2 Å². The molecular weight excluding hydrogens is 332 g/mol. The van der Waals surface area contributed by atoms with Crippen LogP contribution in [-0.2, 0) is 19.6 Å². The number of amides is 1. The number of hydrogen-bond donors (Lipinski definition) is 1. The fourth-order valence-electron chi connectivity index (χ4n) is 2.61. The Kier molecular flexibility index (Phi) is 5.61. The Hall–Kier alpha value is -1.93. The van der Waals surface area contributed by atoms with Crippen LogP contribution in [-0.4, -0.2) is 43.3 Å². The lowest BCUT2D eigenvalue weighted by atomic mass is 10.1. The Morgan fingerprint density at radius 1 is 1.25 bits per heavy atom. The summed E-state index contributed by atoms with van der Waals surface area (Å²) in [4.78, 5) is 22.9. The number of sulfonamides is 1. The largest absolute Gasteiger partial charge is 0.449 e. The molecular formula is C16H22N2O5S. The van der Waals surface area contributed by atoms with Crippen molar-refractivity contribution in [2.75, 3.05) is 6.54 Å². The van der Waals surface area contributed by atoms with Crippen LogP contribution < -0.4 is 5.73 Å². The Morgan fingerprint density at radius 3 is 2.42 bits per heavy atom. The van der Waals surface area contributed by atoms with E-state index >= 15 is 0 Å². The zero-order valence-corrected chi connectivity index (χ0v) is 14.6. The highest BCUT2D eigenvalue weighted by molar-refractivity contribution is 7.89. The van der Waals surface area contributed by atoms with Gasteiger partial charge in [0.1, 0.15) is 0 Å². The molecule has 1 heterocycles. The molecule has 8 heteroatoms. The number of esters is 1. The highest BCUT2D eigenvalue weighted by Gasteiger charge is 2.31. The van der Waals surface area contributed by atoms with Crippen LogP contribution in [0, 0.1) is 0 Å². The van der Waals surface area contributed by atoms with Gasteiger partial charge in [-0.2, -0.15) is 4.31 Å². The van der Waals surface area contributed by atoms with Crippen molar-refractivity contribution in [3.8, 4) is 0 Å². The van der Waals surface area contributed by atoms with Gasteiger partial charge in [-0.25, -0.2) is 13.2 Å². The number of carbonyl (C=O) groups is 2. The second-order valence-corrected chi connectivity index (χ2v) is 7.83. The van der Waals surface area contributed by atoms with Crippen LogP contribution in [0.1, 0.15) is 43.5 Å². The predicted molar refractivity (Wildman–Crippen MR) is 87.7 cm³/mol. The Morgan fingerprint density at radius 2 is 1.88 bits per heavy atom. The summed E-state index contributed by atoms with van der Waals surface area (Å²) < 4.78 is 31.8. The summed E-state index contributed by atoms with van der Waals surface area (Å²) in [6.07, 6.45) is 1.67. The second-order valence-electron chi connectivity index (χ2n) is 5.93. The van der Waals surface area contributed by atoms with E-state index in [1.165, 1.54) is 35.5 Å². The number of primary amides is 1. The number of rotatable bonds is 5. The standard InChI is InChI=1S/C16H22N2O5S/c1-11-5-3-4-10-18(11)24(21,22)14-8-6-13(7-9-14)16(20)23-12(2)15(17)19/h6-9,11-12H,3-5,10H2,1-2H3,(H2,17,19)/t11-,12+/m1/s1. The summed E-state index contributed by atoms with van der Waals surface area (Å²) in [6, 6.07) is 5.46. The monoisotopic (exact) mass is 354 g/mol. The third-order valence-corrected chi connectivity index (χ3v) is 6.15. The van der Waals surface area contributed by atoms with Crippen LogP contribution >= 0.6 is 0 Å². The number of hydrogen-bond acceptors (Lipinski definition) is 5. The molecule has 1 fully saturated rings. The molecule has 0 aromatic heterocycles. The molecule has 2 rings (SSSR count). The molecule has 1 amide bonds. The molecule has 132 valence electrons. The van der Waals surface area contributed by atoms with Crippen LogP contribution in [0.2, 0.25) is 0 Å². The summed E-state index contributed by atoms with van der Waals surface area (Å²) >= 11 is 0. The van der Waals surface area contributed by atoms with E-state index in [0.29, 0.717) is 6.54 Å². The first-order valence-electron chi connectivity index (χ1n) is 7.85. The van der Waals surface area contributed by atoms with Gasteiger partial charge in [-0.05, 0) is 51.0 Å². The molecule has 0 unspecified atom stereocenters. The van der Waals surface area contributed by atoms with E-state index in [4.69, 9.17) is 10.5 Å². The number of ether oxygens (including phenoxy) is 1. The second kappa shape index (κ2) is 7.31. The minimum atomic E-state index is -3.58. The van der Waals surface area contributed by atoms with Crippen LogP contribution in [0.25, 0.3) is 0 Å². The molecule has 24 heavy (non-hydrogen) atoms. The first-order valence-corrected chi connectivity index (χ1v) is 9.29. The van der Waals surface area contributed by atoms with Crippen LogP contribution in [0.4, 0.5) is 0 Å². The third kappa shape index (κ3) is 3.93. The molecule has 0 spiro atoms. The number of nitrogens with zero attached hydrogens (tertiary/aromatic N) is 1. The van der Waals surface area contributed by atoms with E-state index in [0.717, 1.165) is 19.3 Å². The quantitative estimate of drug-likeness (QED) is 0.802. The summed E-state index contributed by atoms with van der Waals surface area (Å²) in [5.74, 6) is -1.47. The van der Waals surface area contributed by atoms with Gasteiger partial charge < -0.3 is 10.5 Å². The zero-order chi connectivity index (χ0) is 17.9. The summed E-state index contributed by atoms with van der Waals surface area (Å²) in [5, 5.41) is 0. The average Bonchev–Trinajstić information content (AvgIpc) is 2.55. The van der Waals surface area contributed by atoms with Crippen molar-refractivity contribution >= 4 is 21.9 Å². The van der Waals surface area contributed by atoms with Crippen LogP contribution in [0.5, 0.6) is 0 Å². The molecule has 2 atom stereocenters. The van der Waals surface area contributed by atoms with Gasteiger partial charge in [0.25, 0.3) is 5.91 Å². The minimum absolute atomic E-state index is 0.0372. The third-order valence-electron chi connectivity index (χ3n) is 4.12. The van der Waals surface area contributed by atoms with E-state index < -0.39 is 28.0 Å². The van der Waals surface area contributed by atoms with Gasteiger partial charge in [-0.1, -0.05) is 6.42 Å². The number of nitrogens with two attached hydrogens (primary N) is 1.